The molecule has 1 aromatic heterocycles. The highest BCUT2D eigenvalue weighted by Crippen LogP contribution is 2.32. The van der Waals surface area contributed by atoms with Crippen LogP contribution in [0.1, 0.15) is 11.1 Å². The quantitative estimate of drug-likeness (QED) is 0.775. The van der Waals surface area contributed by atoms with E-state index in [2.05, 4.69) is 4.98 Å². The fourth-order valence-electron chi connectivity index (χ4n) is 2.22. The van der Waals surface area contributed by atoms with E-state index in [-0.39, 0.29) is 6.61 Å². The van der Waals surface area contributed by atoms with Gasteiger partial charge in [0.2, 0.25) is 5.88 Å². The first-order valence-corrected chi connectivity index (χ1v) is 6.98. The molecule has 106 valence electrons. The predicted octanol–water partition coefficient (Wildman–Crippen LogP) is 4.48. The van der Waals surface area contributed by atoms with Gasteiger partial charge in [0.15, 0.2) is 0 Å². The van der Waals surface area contributed by atoms with Gasteiger partial charge in [-0.1, -0.05) is 35.9 Å². The fourth-order valence-corrected chi connectivity index (χ4v) is 2.38. The van der Waals surface area contributed by atoms with Gasteiger partial charge in [-0.25, -0.2) is 4.98 Å². The summed E-state index contributed by atoms with van der Waals surface area (Å²) < 4.78 is 5.93. The van der Waals surface area contributed by atoms with Gasteiger partial charge in [-0.05, 0) is 36.1 Å². The van der Waals surface area contributed by atoms with Crippen molar-refractivity contribution in [3.8, 4) is 11.6 Å². The second-order valence-corrected chi connectivity index (χ2v) is 5.24. The van der Waals surface area contributed by atoms with Crippen molar-refractivity contribution in [2.24, 2.45) is 0 Å². The predicted molar refractivity (Wildman–Crippen MR) is 83.9 cm³/mol. The van der Waals surface area contributed by atoms with Gasteiger partial charge < -0.3 is 9.84 Å². The number of aromatic nitrogens is 1. The maximum Gasteiger partial charge on any atom is 0.227 e. The number of nitrogens with zero attached hydrogens (tertiary/aromatic N) is 1. The zero-order valence-electron chi connectivity index (χ0n) is 11.5. The van der Waals surface area contributed by atoms with Gasteiger partial charge in [0.1, 0.15) is 5.75 Å². The Kier molecular flexibility index (Phi) is 3.78. The molecule has 3 nitrogen and oxygen atoms in total. The number of rotatable bonds is 3. The SMILES string of the molecule is Cc1ccc(Cl)cc1Oc1ncc(CO)c2ccccc12. The first-order valence-electron chi connectivity index (χ1n) is 6.60. The Morgan fingerprint density at radius 1 is 1.14 bits per heavy atom. The summed E-state index contributed by atoms with van der Waals surface area (Å²) in [4.78, 5) is 4.32. The van der Waals surface area contributed by atoms with Crippen LogP contribution in [-0.2, 0) is 6.61 Å². The Bertz CT molecular complexity index is 802. The molecule has 1 heterocycles. The number of benzene rings is 2. The average molecular weight is 300 g/mol. The number of aliphatic hydroxyl groups excluding tert-OH is 1. The number of ether oxygens (including phenoxy) is 1. The van der Waals surface area contributed by atoms with Crippen LogP contribution in [0.5, 0.6) is 11.6 Å². The molecule has 0 aliphatic carbocycles. The van der Waals surface area contributed by atoms with Crippen molar-refractivity contribution in [1.29, 1.82) is 0 Å². The Hall–Kier alpha value is -2.10. The van der Waals surface area contributed by atoms with Crippen LogP contribution in [-0.4, -0.2) is 10.1 Å². The average Bonchev–Trinajstić information content (AvgIpc) is 2.51. The topological polar surface area (TPSA) is 42.4 Å². The molecular formula is C17H14ClNO2. The Balaban J connectivity index is 2.11. The zero-order valence-corrected chi connectivity index (χ0v) is 12.3. The van der Waals surface area contributed by atoms with Crippen LogP contribution in [0.3, 0.4) is 0 Å². The van der Waals surface area contributed by atoms with Crippen LogP contribution in [0, 0.1) is 6.92 Å². The van der Waals surface area contributed by atoms with Crippen molar-refractivity contribution < 1.29 is 9.84 Å². The van der Waals surface area contributed by atoms with Crippen LogP contribution in [0.25, 0.3) is 10.8 Å². The largest absolute Gasteiger partial charge is 0.438 e. The van der Waals surface area contributed by atoms with Gasteiger partial charge >= 0.3 is 0 Å². The van der Waals surface area contributed by atoms with Crippen molar-refractivity contribution in [2.45, 2.75) is 13.5 Å². The van der Waals surface area contributed by atoms with E-state index in [4.69, 9.17) is 16.3 Å². The van der Waals surface area contributed by atoms with Crippen LogP contribution in [0.15, 0.2) is 48.7 Å². The van der Waals surface area contributed by atoms with E-state index in [9.17, 15) is 5.11 Å². The second kappa shape index (κ2) is 5.72. The lowest BCUT2D eigenvalue weighted by atomic mass is 10.1. The van der Waals surface area contributed by atoms with Crippen LogP contribution in [0.4, 0.5) is 0 Å². The van der Waals surface area contributed by atoms with Gasteiger partial charge in [-0.3, -0.25) is 0 Å². The lowest BCUT2D eigenvalue weighted by Gasteiger charge is -2.12. The molecule has 3 rings (SSSR count). The first-order chi connectivity index (χ1) is 10.2. The van der Waals surface area contributed by atoms with Crippen molar-refractivity contribution in [2.75, 3.05) is 0 Å². The molecule has 0 amide bonds. The highest BCUT2D eigenvalue weighted by molar-refractivity contribution is 6.30. The van der Waals surface area contributed by atoms with Gasteiger partial charge in [0, 0.05) is 22.2 Å². The minimum atomic E-state index is -0.0516. The Morgan fingerprint density at radius 2 is 1.90 bits per heavy atom. The molecule has 0 fully saturated rings. The van der Waals surface area contributed by atoms with E-state index in [1.54, 1.807) is 12.3 Å². The Labute approximate surface area is 127 Å². The summed E-state index contributed by atoms with van der Waals surface area (Å²) in [7, 11) is 0. The van der Waals surface area contributed by atoms with Crippen LogP contribution >= 0.6 is 11.6 Å². The summed E-state index contributed by atoms with van der Waals surface area (Å²) in [6.07, 6.45) is 1.64. The molecule has 0 bridgehead atoms. The minimum absolute atomic E-state index is 0.0516. The van der Waals surface area contributed by atoms with Crippen molar-refractivity contribution in [1.82, 2.24) is 4.98 Å². The summed E-state index contributed by atoms with van der Waals surface area (Å²) in [5.74, 6) is 1.19. The summed E-state index contributed by atoms with van der Waals surface area (Å²) in [6, 6.07) is 13.2. The van der Waals surface area contributed by atoms with Gasteiger partial charge in [-0.15, -0.1) is 0 Å². The number of fused-ring (bicyclic) bond motifs is 1. The summed E-state index contributed by atoms with van der Waals surface area (Å²) in [5.41, 5.74) is 1.76. The lowest BCUT2D eigenvalue weighted by Crippen LogP contribution is -1.95. The maximum atomic E-state index is 9.40. The molecule has 3 aromatic rings. The third-order valence-corrected chi connectivity index (χ3v) is 3.60. The molecule has 0 saturated heterocycles. The minimum Gasteiger partial charge on any atom is -0.438 e. The highest BCUT2D eigenvalue weighted by atomic mass is 35.5. The van der Waals surface area contributed by atoms with Crippen molar-refractivity contribution in [3.63, 3.8) is 0 Å². The van der Waals surface area contributed by atoms with E-state index in [0.29, 0.717) is 16.7 Å². The molecular weight excluding hydrogens is 286 g/mol. The number of hydrogen-bond acceptors (Lipinski definition) is 3. The Morgan fingerprint density at radius 3 is 2.67 bits per heavy atom. The molecule has 0 atom stereocenters. The summed E-state index contributed by atoms with van der Waals surface area (Å²) >= 11 is 6.02. The monoisotopic (exact) mass is 299 g/mol. The molecule has 0 radical (unpaired) electrons. The third-order valence-electron chi connectivity index (χ3n) is 3.37. The highest BCUT2D eigenvalue weighted by Gasteiger charge is 2.10. The molecule has 21 heavy (non-hydrogen) atoms. The zero-order chi connectivity index (χ0) is 14.8. The second-order valence-electron chi connectivity index (χ2n) is 4.80. The van der Waals surface area contributed by atoms with Crippen molar-refractivity contribution >= 4 is 22.4 Å². The molecule has 0 saturated carbocycles. The molecule has 2 aromatic carbocycles. The van der Waals surface area contributed by atoms with Crippen molar-refractivity contribution in [3.05, 3.63) is 64.8 Å². The number of aliphatic hydroxyl groups is 1. The maximum absolute atomic E-state index is 9.40. The van der Waals surface area contributed by atoms with E-state index in [1.165, 1.54) is 0 Å². The van der Waals surface area contributed by atoms with Crippen LogP contribution < -0.4 is 4.74 Å². The third kappa shape index (κ3) is 2.71. The lowest BCUT2D eigenvalue weighted by molar-refractivity contribution is 0.282. The first kappa shape index (κ1) is 13.9. The van der Waals surface area contributed by atoms with E-state index in [0.717, 1.165) is 21.9 Å². The smallest absolute Gasteiger partial charge is 0.227 e. The molecule has 0 aliphatic heterocycles. The summed E-state index contributed by atoms with van der Waals surface area (Å²) in [5, 5.41) is 11.8. The molecule has 0 spiro atoms. The number of halogens is 1. The summed E-state index contributed by atoms with van der Waals surface area (Å²) in [6.45, 7) is 1.90. The van der Waals surface area contributed by atoms with E-state index < -0.39 is 0 Å². The van der Waals surface area contributed by atoms with Gasteiger partial charge in [0.05, 0.1) is 6.61 Å². The number of pyridine rings is 1. The molecule has 4 heteroatoms. The van der Waals surface area contributed by atoms with E-state index >= 15 is 0 Å². The standard InChI is InChI=1S/C17H14ClNO2/c1-11-6-7-13(18)8-16(11)21-17-15-5-3-2-4-14(15)12(10-20)9-19-17/h2-9,20H,10H2,1H3. The van der Waals surface area contributed by atoms with Crippen LogP contribution in [0.2, 0.25) is 5.02 Å². The van der Waals surface area contributed by atoms with Gasteiger partial charge in [-0.2, -0.15) is 0 Å². The molecule has 0 aliphatic rings. The van der Waals surface area contributed by atoms with E-state index in [1.807, 2.05) is 43.3 Å². The normalized spacial score (nSPS) is 10.8. The molecule has 0 unspecified atom stereocenters. The number of hydrogen-bond donors (Lipinski definition) is 1. The van der Waals surface area contributed by atoms with Gasteiger partial charge in [0.25, 0.3) is 0 Å². The fraction of sp³-hybridized carbons (Fsp3) is 0.118. The molecule has 1 N–H and O–H groups in total. The number of aryl methyl sites for hydroxylation is 1.